The van der Waals surface area contributed by atoms with E-state index < -0.39 is 22.0 Å². The zero-order valence-corrected chi connectivity index (χ0v) is 8.80. The van der Waals surface area contributed by atoms with E-state index in [0.717, 1.165) is 0 Å². The zero-order chi connectivity index (χ0) is 11.2. The summed E-state index contributed by atoms with van der Waals surface area (Å²) in [5, 5.41) is 8.35. The second kappa shape index (κ2) is 5.57. The molecule has 7 heteroatoms. The van der Waals surface area contributed by atoms with Gasteiger partial charge in [0.15, 0.2) is 0 Å². The highest BCUT2D eigenvalue weighted by Gasteiger charge is 2.15. The largest absolute Gasteiger partial charge is 0.469 e. The first kappa shape index (κ1) is 12.9. The number of hydrogen-bond acceptors (Lipinski definition) is 5. The van der Waals surface area contributed by atoms with Crippen molar-refractivity contribution in [3.63, 3.8) is 0 Å². The first-order valence-electron chi connectivity index (χ1n) is 3.87. The van der Waals surface area contributed by atoms with Crippen LogP contribution in [0.5, 0.6) is 0 Å². The predicted molar refractivity (Wildman–Crippen MR) is 48.6 cm³/mol. The van der Waals surface area contributed by atoms with Gasteiger partial charge in [0.1, 0.15) is 6.04 Å². The summed E-state index contributed by atoms with van der Waals surface area (Å²) < 4.78 is 28.7. The number of nitrogens with zero attached hydrogens (tertiary/aromatic N) is 1. The standard InChI is InChI=1S/C7H12N2O4S/c1-6(5-8)9-14(11,12)4-3-7(10)13-2/h6,9H,3-4H2,1-2H3. The fourth-order valence-corrected chi connectivity index (χ4v) is 1.82. The van der Waals surface area contributed by atoms with Crippen molar-refractivity contribution >= 4 is 16.0 Å². The summed E-state index contributed by atoms with van der Waals surface area (Å²) in [5.74, 6) is -0.967. The van der Waals surface area contributed by atoms with Gasteiger partial charge in [0.05, 0.1) is 25.4 Å². The van der Waals surface area contributed by atoms with Crippen LogP contribution in [0.3, 0.4) is 0 Å². The first-order chi connectivity index (χ1) is 6.41. The monoisotopic (exact) mass is 220 g/mol. The molecule has 1 unspecified atom stereocenters. The van der Waals surface area contributed by atoms with Crippen molar-refractivity contribution in [2.75, 3.05) is 12.9 Å². The second-order valence-corrected chi connectivity index (χ2v) is 4.49. The number of hydrogen-bond donors (Lipinski definition) is 1. The number of methoxy groups -OCH3 is 1. The van der Waals surface area contributed by atoms with E-state index in [4.69, 9.17) is 5.26 Å². The molecule has 80 valence electrons. The van der Waals surface area contributed by atoms with Crippen molar-refractivity contribution in [2.24, 2.45) is 0 Å². The molecule has 0 bridgehead atoms. The Balaban J connectivity index is 4.11. The van der Waals surface area contributed by atoms with E-state index in [1.807, 2.05) is 0 Å². The van der Waals surface area contributed by atoms with Gasteiger partial charge in [-0.2, -0.15) is 9.98 Å². The van der Waals surface area contributed by atoms with Crippen molar-refractivity contribution in [2.45, 2.75) is 19.4 Å². The summed E-state index contributed by atoms with van der Waals surface area (Å²) in [7, 11) is -2.39. The number of carbonyl (C=O) groups excluding carboxylic acids is 1. The van der Waals surface area contributed by atoms with Gasteiger partial charge in [-0.15, -0.1) is 0 Å². The smallest absolute Gasteiger partial charge is 0.306 e. The summed E-state index contributed by atoms with van der Waals surface area (Å²) in [4.78, 5) is 10.6. The Hall–Kier alpha value is -1.13. The molecule has 0 rings (SSSR count). The normalized spacial score (nSPS) is 12.9. The van der Waals surface area contributed by atoms with Crippen LogP contribution in [-0.4, -0.2) is 33.3 Å². The van der Waals surface area contributed by atoms with Crippen LogP contribution >= 0.6 is 0 Å². The zero-order valence-electron chi connectivity index (χ0n) is 7.98. The topological polar surface area (TPSA) is 96.3 Å². The van der Waals surface area contributed by atoms with Crippen molar-refractivity contribution in [3.05, 3.63) is 0 Å². The Morgan fingerprint density at radius 2 is 2.21 bits per heavy atom. The number of ether oxygens (including phenoxy) is 1. The molecule has 0 spiro atoms. The van der Waals surface area contributed by atoms with E-state index in [9.17, 15) is 13.2 Å². The Labute approximate surface area is 82.9 Å². The Kier molecular flexibility index (Phi) is 5.12. The van der Waals surface area contributed by atoms with Crippen molar-refractivity contribution in [1.82, 2.24) is 4.72 Å². The summed E-state index contributed by atoms with van der Waals surface area (Å²) in [6.07, 6.45) is -0.218. The number of nitrogens with one attached hydrogen (secondary N) is 1. The summed E-state index contributed by atoms with van der Waals surface area (Å²) in [5.41, 5.74) is 0. The third-order valence-corrected chi connectivity index (χ3v) is 2.81. The molecule has 1 atom stereocenters. The maximum Gasteiger partial charge on any atom is 0.306 e. The molecule has 0 heterocycles. The minimum atomic E-state index is -3.57. The highest BCUT2D eigenvalue weighted by molar-refractivity contribution is 7.89. The lowest BCUT2D eigenvalue weighted by molar-refractivity contribution is -0.140. The molecular weight excluding hydrogens is 208 g/mol. The van der Waals surface area contributed by atoms with E-state index in [2.05, 4.69) is 9.46 Å². The van der Waals surface area contributed by atoms with E-state index >= 15 is 0 Å². The van der Waals surface area contributed by atoms with Crippen LogP contribution in [0.2, 0.25) is 0 Å². The van der Waals surface area contributed by atoms with Gasteiger partial charge < -0.3 is 4.74 Å². The van der Waals surface area contributed by atoms with Gasteiger partial charge in [0.2, 0.25) is 10.0 Å². The van der Waals surface area contributed by atoms with Gasteiger partial charge in [0.25, 0.3) is 0 Å². The Morgan fingerprint density at radius 3 is 2.64 bits per heavy atom. The number of rotatable bonds is 5. The average molecular weight is 220 g/mol. The van der Waals surface area contributed by atoms with Crippen LogP contribution in [0.25, 0.3) is 0 Å². The molecule has 0 radical (unpaired) electrons. The van der Waals surface area contributed by atoms with Gasteiger partial charge in [-0.25, -0.2) is 8.42 Å². The molecule has 14 heavy (non-hydrogen) atoms. The molecule has 0 aliphatic carbocycles. The molecule has 0 aromatic carbocycles. The Morgan fingerprint density at radius 1 is 1.64 bits per heavy atom. The van der Waals surface area contributed by atoms with Gasteiger partial charge in [-0.3, -0.25) is 4.79 Å². The fraction of sp³-hybridized carbons (Fsp3) is 0.714. The van der Waals surface area contributed by atoms with Crippen LogP contribution in [0.1, 0.15) is 13.3 Å². The third kappa shape index (κ3) is 5.50. The lowest BCUT2D eigenvalue weighted by atomic mass is 10.4. The van der Waals surface area contributed by atoms with Crippen molar-refractivity contribution < 1.29 is 17.9 Å². The highest BCUT2D eigenvalue weighted by atomic mass is 32.2. The number of esters is 1. The SMILES string of the molecule is COC(=O)CCS(=O)(=O)NC(C)C#N. The lowest BCUT2D eigenvalue weighted by Gasteiger charge is -2.06. The van der Waals surface area contributed by atoms with E-state index in [-0.39, 0.29) is 12.2 Å². The molecule has 0 fully saturated rings. The van der Waals surface area contributed by atoms with Gasteiger partial charge in [-0.05, 0) is 6.92 Å². The van der Waals surface area contributed by atoms with E-state index in [1.54, 1.807) is 6.07 Å². The molecule has 0 aliphatic heterocycles. The van der Waals surface area contributed by atoms with Crippen LogP contribution in [0.4, 0.5) is 0 Å². The molecular formula is C7H12N2O4S. The van der Waals surface area contributed by atoms with Crippen LogP contribution in [0.15, 0.2) is 0 Å². The van der Waals surface area contributed by atoms with E-state index in [0.29, 0.717) is 0 Å². The van der Waals surface area contributed by atoms with Crippen LogP contribution in [-0.2, 0) is 19.6 Å². The molecule has 1 N–H and O–H groups in total. The van der Waals surface area contributed by atoms with E-state index in [1.165, 1.54) is 14.0 Å². The summed E-state index contributed by atoms with van der Waals surface area (Å²) >= 11 is 0. The van der Waals surface area contributed by atoms with Gasteiger partial charge in [-0.1, -0.05) is 0 Å². The molecule has 0 aromatic rings. The number of sulfonamides is 1. The minimum Gasteiger partial charge on any atom is -0.469 e. The van der Waals surface area contributed by atoms with Crippen LogP contribution < -0.4 is 4.72 Å². The van der Waals surface area contributed by atoms with Crippen molar-refractivity contribution in [3.8, 4) is 6.07 Å². The maximum atomic E-state index is 11.2. The van der Waals surface area contributed by atoms with Crippen molar-refractivity contribution in [1.29, 1.82) is 5.26 Å². The maximum absolute atomic E-state index is 11.2. The fourth-order valence-electron chi connectivity index (χ4n) is 0.674. The minimum absolute atomic E-state index is 0.218. The quantitative estimate of drug-likeness (QED) is 0.623. The van der Waals surface area contributed by atoms with Crippen LogP contribution in [0, 0.1) is 11.3 Å². The number of nitriles is 1. The average Bonchev–Trinajstić information content (AvgIpc) is 2.13. The van der Waals surface area contributed by atoms with Gasteiger partial charge >= 0.3 is 5.97 Å². The highest BCUT2D eigenvalue weighted by Crippen LogP contribution is 1.93. The lowest BCUT2D eigenvalue weighted by Crippen LogP contribution is -2.34. The van der Waals surface area contributed by atoms with Gasteiger partial charge in [0, 0.05) is 0 Å². The second-order valence-electron chi connectivity index (χ2n) is 2.61. The number of carbonyl (C=O) groups is 1. The predicted octanol–water partition coefficient (Wildman–Crippen LogP) is -0.619. The molecule has 0 saturated carbocycles. The Bertz CT molecular complexity index is 330. The molecule has 0 aliphatic rings. The summed E-state index contributed by atoms with van der Waals surface area (Å²) in [6.45, 7) is 1.41. The first-order valence-corrected chi connectivity index (χ1v) is 5.53. The summed E-state index contributed by atoms with van der Waals surface area (Å²) in [6, 6.07) is 0.922. The molecule has 0 saturated heterocycles. The third-order valence-electron chi connectivity index (χ3n) is 1.35. The molecule has 6 nitrogen and oxygen atoms in total. The molecule has 0 amide bonds. The molecule has 0 aromatic heterocycles.